The van der Waals surface area contributed by atoms with Crippen molar-refractivity contribution in [2.75, 3.05) is 6.54 Å². The van der Waals surface area contributed by atoms with Gasteiger partial charge >= 0.3 is 0 Å². The average molecular weight is 164 g/mol. The summed E-state index contributed by atoms with van der Waals surface area (Å²) in [5.74, 6) is 0. The van der Waals surface area contributed by atoms with Gasteiger partial charge in [0.05, 0.1) is 0 Å². The van der Waals surface area contributed by atoms with E-state index in [9.17, 15) is 0 Å². The Labute approximate surface area is 74.0 Å². The van der Waals surface area contributed by atoms with Crippen molar-refractivity contribution in [1.29, 1.82) is 0 Å². The normalized spacial score (nSPS) is 10.2. The highest BCUT2D eigenvalue weighted by molar-refractivity contribution is 5.20. The molecule has 0 saturated heterocycles. The van der Waals surface area contributed by atoms with Crippen molar-refractivity contribution in [2.45, 2.75) is 26.8 Å². The Bertz CT molecular complexity index is 233. The molecule has 1 heterocycles. The van der Waals surface area contributed by atoms with Crippen LogP contribution in [0.25, 0.3) is 0 Å². The topological polar surface area (TPSA) is 24.9 Å². The van der Waals surface area contributed by atoms with Crippen molar-refractivity contribution in [2.24, 2.45) is 0 Å². The van der Waals surface area contributed by atoms with E-state index in [1.54, 1.807) is 0 Å². The van der Waals surface area contributed by atoms with E-state index in [0.717, 1.165) is 13.1 Å². The van der Waals surface area contributed by atoms with Crippen LogP contribution >= 0.6 is 0 Å². The number of hydrogen-bond acceptors (Lipinski definition) is 2. The predicted octanol–water partition coefficient (Wildman–Crippen LogP) is 1.89. The van der Waals surface area contributed by atoms with E-state index in [2.05, 4.69) is 30.2 Å². The predicted molar refractivity (Wildman–Crippen MR) is 51.0 cm³/mol. The first-order valence-electron chi connectivity index (χ1n) is 4.44. The fourth-order valence-electron chi connectivity index (χ4n) is 1.10. The zero-order valence-electron chi connectivity index (χ0n) is 7.80. The van der Waals surface area contributed by atoms with E-state index in [4.69, 9.17) is 0 Å². The molecule has 0 radical (unpaired) electrons. The Morgan fingerprint density at radius 1 is 1.50 bits per heavy atom. The largest absolute Gasteiger partial charge is 0.313 e. The fourth-order valence-corrected chi connectivity index (χ4v) is 1.10. The molecule has 0 aromatic carbocycles. The highest BCUT2D eigenvalue weighted by Gasteiger charge is 1.94. The van der Waals surface area contributed by atoms with E-state index in [-0.39, 0.29) is 0 Å². The number of nitrogens with one attached hydrogen (secondary N) is 1. The molecule has 0 atom stereocenters. The summed E-state index contributed by atoms with van der Waals surface area (Å²) in [6.45, 7) is 6.31. The molecule has 0 amide bonds. The van der Waals surface area contributed by atoms with Gasteiger partial charge in [-0.1, -0.05) is 6.92 Å². The molecule has 12 heavy (non-hydrogen) atoms. The third-order valence-electron chi connectivity index (χ3n) is 1.88. The van der Waals surface area contributed by atoms with E-state index in [1.807, 2.05) is 12.4 Å². The first-order chi connectivity index (χ1) is 5.84. The zero-order valence-corrected chi connectivity index (χ0v) is 7.80. The Morgan fingerprint density at radius 3 is 3.00 bits per heavy atom. The van der Waals surface area contributed by atoms with Crippen LogP contribution in [0, 0.1) is 6.92 Å². The molecule has 2 heteroatoms. The van der Waals surface area contributed by atoms with Crippen LogP contribution in [0.4, 0.5) is 0 Å². The molecule has 0 bridgehead atoms. The summed E-state index contributed by atoms with van der Waals surface area (Å²) in [4.78, 5) is 4.05. The molecular weight excluding hydrogens is 148 g/mol. The molecule has 0 aliphatic heterocycles. The summed E-state index contributed by atoms with van der Waals surface area (Å²) >= 11 is 0. The van der Waals surface area contributed by atoms with Crippen LogP contribution in [0.2, 0.25) is 0 Å². The van der Waals surface area contributed by atoms with Crippen LogP contribution in [0.1, 0.15) is 24.5 Å². The standard InChI is InChI=1S/C10H16N2/c1-3-5-11-8-10-4-6-12-7-9(10)2/h4,6-7,11H,3,5,8H2,1-2H3. The van der Waals surface area contributed by atoms with Crippen molar-refractivity contribution >= 4 is 0 Å². The second-order valence-electron chi connectivity index (χ2n) is 2.98. The lowest BCUT2D eigenvalue weighted by molar-refractivity contribution is 0.672. The second-order valence-corrected chi connectivity index (χ2v) is 2.98. The monoisotopic (exact) mass is 164 g/mol. The first kappa shape index (κ1) is 9.20. The number of aromatic nitrogens is 1. The van der Waals surface area contributed by atoms with Crippen molar-refractivity contribution in [3.8, 4) is 0 Å². The highest BCUT2D eigenvalue weighted by atomic mass is 14.8. The minimum absolute atomic E-state index is 0.961. The van der Waals surface area contributed by atoms with Gasteiger partial charge in [0.25, 0.3) is 0 Å². The lowest BCUT2D eigenvalue weighted by Crippen LogP contribution is -2.14. The summed E-state index contributed by atoms with van der Waals surface area (Å²) < 4.78 is 0. The molecule has 1 rings (SSSR count). The molecular formula is C10H16N2. The van der Waals surface area contributed by atoms with Crippen molar-refractivity contribution < 1.29 is 0 Å². The molecule has 2 nitrogen and oxygen atoms in total. The number of aryl methyl sites for hydroxylation is 1. The van der Waals surface area contributed by atoms with Gasteiger partial charge < -0.3 is 5.32 Å². The van der Waals surface area contributed by atoms with E-state index < -0.39 is 0 Å². The SMILES string of the molecule is CCCNCc1ccncc1C. The van der Waals surface area contributed by atoms with Gasteiger partial charge in [0, 0.05) is 18.9 Å². The quantitative estimate of drug-likeness (QED) is 0.687. The third-order valence-corrected chi connectivity index (χ3v) is 1.88. The van der Waals surface area contributed by atoms with Crippen LogP contribution in [-0.2, 0) is 6.54 Å². The average Bonchev–Trinajstić information content (AvgIpc) is 2.09. The molecule has 0 aliphatic rings. The maximum Gasteiger partial charge on any atom is 0.0300 e. The molecule has 66 valence electrons. The molecule has 0 aliphatic carbocycles. The Morgan fingerprint density at radius 2 is 2.33 bits per heavy atom. The third kappa shape index (κ3) is 2.62. The molecule has 0 saturated carbocycles. The molecule has 1 N–H and O–H groups in total. The minimum Gasteiger partial charge on any atom is -0.313 e. The lowest BCUT2D eigenvalue weighted by atomic mass is 10.1. The van der Waals surface area contributed by atoms with Crippen LogP contribution in [0.3, 0.4) is 0 Å². The van der Waals surface area contributed by atoms with E-state index in [0.29, 0.717) is 0 Å². The summed E-state index contributed by atoms with van der Waals surface area (Å²) in [5, 5.41) is 3.36. The van der Waals surface area contributed by atoms with Gasteiger partial charge in [-0.3, -0.25) is 4.98 Å². The fraction of sp³-hybridized carbons (Fsp3) is 0.500. The van der Waals surface area contributed by atoms with Gasteiger partial charge in [0.2, 0.25) is 0 Å². The molecule has 1 aromatic heterocycles. The number of rotatable bonds is 4. The Kier molecular flexibility index (Phi) is 3.74. The maximum absolute atomic E-state index is 4.05. The van der Waals surface area contributed by atoms with Crippen LogP contribution in [0.5, 0.6) is 0 Å². The van der Waals surface area contributed by atoms with Gasteiger partial charge in [-0.15, -0.1) is 0 Å². The Balaban J connectivity index is 2.46. The molecule has 1 aromatic rings. The van der Waals surface area contributed by atoms with E-state index in [1.165, 1.54) is 17.5 Å². The van der Waals surface area contributed by atoms with Gasteiger partial charge in [0.1, 0.15) is 0 Å². The highest BCUT2D eigenvalue weighted by Crippen LogP contribution is 2.03. The minimum atomic E-state index is 0.961. The first-order valence-corrected chi connectivity index (χ1v) is 4.44. The maximum atomic E-state index is 4.05. The summed E-state index contributed by atoms with van der Waals surface area (Å²) in [7, 11) is 0. The van der Waals surface area contributed by atoms with Crippen LogP contribution in [0.15, 0.2) is 18.5 Å². The number of pyridine rings is 1. The lowest BCUT2D eigenvalue weighted by Gasteiger charge is -2.05. The molecule has 0 spiro atoms. The molecule has 0 unspecified atom stereocenters. The van der Waals surface area contributed by atoms with Crippen LogP contribution < -0.4 is 5.32 Å². The number of nitrogens with zero attached hydrogens (tertiary/aromatic N) is 1. The van der Waals surface area contributed by atoms with Gasteiger partial charge in [-0.05, 0) is 37.1 Å². The summed E-state index contributed by atoms with van der Waals surface area (Å²) in [6, 6.07) is 2.07. The summed E-state index contributed by atoms with van der Waals surface area (Å²) in [5.41, 5.74) is 2.61. The molecule has 0 fully saturated rings. The van der Waals surface area contributed by atoms with Crippen molar-refractivity contribution in [3.05, 3.63) is 29.6 Å². The van der Waals surface area contributed by atoms with Crippen molar-refractivity contribution in [3.63, 3.8) is 0 Å². The van der Waals surface area contributed by atoms with Gasteiger partial charge in [-0.25, -0.2) is 0 Å². The zero-order chi connectivity index (χ0) is 8.81. The Hall–Kier alpha value is -0.890. The summed E-state index contributed by atoms with van der Waals surface area (Å²) in [6.07, 6.45) is 4.93. The van der Waals surface area contributed by atoms with Gasteiger partial charge in [-0.2, -0.15) is 0 Å². The second kappa shape index (κ2) is 4.88. The number of hydrogen-bond donors (Lipinski definition) is 1. The van der Waals surface area contributed by atoms with Crippen molar-refractivity contribution in [1.82, 2.24) is 10.3 Å². The van der Waals surface area contributed by atoms with Gasteiger partial charge in [0.15, 0.2) is 0 Å². The smallest absolute Gasteiger partial charge is 0.0300 e. The van der Waals surface area contributed by atoms with E-state index >= 15 is 0 Å². The van der Waals surface area contributed by atoms with Crippen LogP contribution in [-0.4, -0.2) is 11.5 Å².